The molecule has 0 radical (unpaired) electrons. The molecule has 0 aromatic rings. The van der Waals surface area contributed by atoms with Crippen molar-refractivity contribution in [1.82, 2.24) is 0 Å². The lowest BCUT2D eigenvalue weighted by Crippen LogP contribution is -2.41. The van der Waals surface area contributed by atoms with Gasteiger partial charge in [-0.15, -0.1) is 0 Å². The molecule has 0 spiro atoms. The number of ether oxygens (including phenoxy) is 1. The van der Waals surface area contributed by atoms with E-state index in [0.717, 1.165) is 0 Å². The average molecular weight is 170 g/mol. The van der Waals surface area contributed by atoms with Crippen molar-refractivity contribution in [3.63, 3.8) is 0 Å². The van der Waals surface area contributed by atoms with E-state index in [1.165, 1.54) is 7.11 Å². The Balaban J connectivity index is 4.97. The Labute approximate surface area is 74.6 Å². The van der Waals surface area contributed by atoms with Gasteiger partial charge in [-0.25, -0.2) is 0 Å². The lowest BCUT2D eigenvalue weighted by molar-refractivity contribution is -0.0461. The molecule has 0 aliphatic rings. The van der Waals surface area contributed by atoms with Gasteiger partial charge in [0.05, 0.1) is 7.11 Å². The first-order valence-corrected chi connectivity index (χ1v) is 3.94. The van der Waals surface area contributed by atoms with Crippen molar-refractivity contribution in [2.24, 2.45) is 5.41 Å². The Morgan fingerprint density at radius 1 is 1.33 bits per heavy atom. The Morgan fingerprint density at radius 2 is 1.75 bits per heavy atom. The number of hydrogen-bond donors (Lipinski definition) is 1. The van der Waals surface area contributed by atoms with Crippen LogP contribution < -0.4 is 0 Å². The summed E-state index contributed by atoms with van der Waals surface area (Å²) in [5.74, 6) is 0.384. The molecule has 0 aliphatic carbocycles. The third-order valence-electron chi connectivity index (χ3n) is 2.27. The zero-order valence-corrected chi connectivity index (χ0v) is 8.56. The molecule has 70 valence electrons. The van der Waals surface area contributed by atoms with Crippen LogP contribution in [0.4, 0.5) is 0 Å². The van der Waals surface area contributed by atoms with E-state index in [0.29, 0.717) is 5.76 Å². The molecule has 1 unspecified atom stereocenters. The summed E-state index contributed by atoms with van der Waals surface area (Å²) in [5, 5.41) is 10.0. The minimum atomic E-state index is -1.02. The van der Waals surface area contributed by atoms with Crippen LogP contribution in [0.5, 0.6) is 0 Å². The molecule has 0 saturated carbocycles. The van der Waals surface area contributed by atoms with Gasteiger partial charge in [-0.1, -0.05) is 33.1 Å². The second-order valence-electron chi connectivity index (χ2n) is 4.03. The van der Waals surface area contributed by atoms with Gasteiger partial charge in [0.2, 0.25) is 0 Å². The minimum Gasteiger partial charge on any atom is -0.490 e. The van der Waals surface area contributed by atoms with Crippen LogP contribution in [-0.4, -0.2) is 17.8 Å². The highest BCUT2D eigenvalue weighted by atomic mass is 16.5. The molecule has 0 rings (SSSR count). The first-order chi connectivity index (χ1) is 5.27. The van der Waals surface area contributed by atoms with Crippen molar-refractivity contribution in [2.75, 3.05) is 7.11 Å². The van der Waals surface area contributed by atoms with Gasteiger partial charge in [0, 0.05) is 0 Å². The summed E-state index contributed by atoms with van der Waals surface area (Å²) in [5.41, 5.74) is 1.28. The monoisotopic (exact) mass is 170 g/mol. The molecule has 0 amide bonds. The summed E-state index contributed by atoms with van der Waals surface area (Å²) in [6, 6.07) is 0. The molecule has 2 nitrogen and oxygen atoms in total. The SMILES string of the molecule is C=C=C(OC)C(C)(O)C(C)(C)C. The number of methoxy groups -OCH3 is 1. The van der Waals surface area contributed by atoms with Gasteiger partial charge < -0.3 is 9.84 Å². The predicted octanol–water partition coefficient (Wildman–Crippen LogP) is 2.10. The van der Waals surface area contributed by atoms with Crippen LogP contribution >= 0.6 is 0 Å². The van der Waals surface area contributed by atoms with E-state index in [1.807, 2.05) is 20.8 Å². The van der Waals surface area contributed by atoms with E-state index >= 15 is 0 Å². The summed E-state index contributed by atoms with van der Waals surface area (Å²) in [6.45, 7) is 11.0. The molecule has 0 fully saturated rings. The van der Waals surface area contributed by atoms with Gasteiger partial charge in [0.25, 0.3) is 0 Å². The molecule has 0 heterocycles. The van der Waals surface area contributed by atoms with Crippen LogP contribution in [-0.2, 0) is 4.74 Å². The summed E-state index contributed by atoms with van der Waals surface area (Å²) >= 11 is 0. The van der Waals surface area contributed by atoms with Gasteiger partial charge in [-0.05, 0) is 12.3 Å². The van der Waals surface area contributed by atoms with Gasteiger partial charge in [0.15, 0.2) is 5.76 Å². The molecule has 0 aliphatic heterocycles. The first kappa shape index (κ1) is 11.3. The number of rotatable bonds is 2. The van der Waals surface area contributed by atoms with Crippen LogP contribution in [0.3, 0.4) is 0 Å². The van der Waals surface area contributed by atoms with Crippen LogP contribution in [0.2, 0.25) is 0 Å². The highest BCUT2D eigenvalue weighted by Crippen LogP contribution is 2.35. The molecule has 2 heteroatoms. The summed E-state index contributed by atoms with van der Waals surface area (Å²) < 4.78 is 4.98. The summed E-state index contributed by atoms with van der Waals surface area (Å²) in [7, 11) is 1.51. The fraction of sp³-hybridized carbons (Fsp3) is 0.700. The number of hydrogen-bond acceptors (Lipinski definition) is 2. The van der Waals surface area contributed by atoms with Crippen molar-refractivity contribution in [3.05, 3.63) is 18.1 Å². The predicted molar refractivity (Wildman–Crippen MR) is 49.7 cm³/mol. The first-order valence-electron chi connectivity index (χ1n) is 3.94. The number of aliphatic hydroxyl groups is 1. The second-order valence-corrected chi connectivity index (χ2v) is 4.03. The molecule has 12 heavy (non-hydrogen) atoms. The van der Waals surface area contributed by atoms with Crippen molar-refractivity contribution in [1.29, 1.82) is 0 Å². The lowest BCUT2D eigenvalue weighted by atomic mass is 9.76. The van der Waals surface area contributed by atoms with Gasteiger partial charge >= 0.3 is 0 Å². The molecule has 1 atom stereocenters. The summed E-state index contributed by atoms with van der Waals surface area (Å²) in [4.78, 5) is 0. The standard InChI is InChI=1S/C10H18O2/c1-7-8(12-6)10(5,11)9(2,3)4/h11H,1H2,2-6H3. The second kappa shape index (κ2) is 3.34. The van der Waals surface area contributed by atoms with Gasteiger partial charge in [-0.3, -0.25) is 0 Å². The van der Waals surface area contributed by atoms with Crippen molar-refractivity contribution in [3.8, 4) is 0 Å². The van der Waals surface area contributed by atoms with Crippen LogP contribution in [0.25, 0.3) is 0 Å². The third kappa shape index (κ3) is 1.90. The van der Waals surface area contributed by atoms with E-state index in [2.05, 4.69) is 12.3 Å². The van der Waals surface area contributed by atoms with E-state index in [4.69, 9.17) is 4.74 Å². The van der Waals surface area contributed by atoms with Crippen molar-refractivity contribution < 1.29 is 9.84 Å². The molecule has 0 aromatic heterocycles. The largest absolute Gasteiger partial charge is 0.490 e. The van der Waals surface area contributed by atoms with Gasteiger partial charge in [-0.2, -0.15) is 0 Å². The van der Waals surface area contributed by atoms with Crippen molar-refractivity contribution in [2.45, 2.75) is 33.3 Å². The molecule has 0 aromatic carbocycles. The zero-order chi connectivity index (χ0) is 9.99. The highest BCUT2D eigenvalue weighted by molar-refractivity contribution is 5.11. The van der Waals surface area contributed by atoms with Gasteiger partial charge in [0.1, 0.15) is 5.60 Å². The maximum absolute atomic E-state index is 10.0. The Hall–Kier alpha value is -0.720. The highest BCUT2D eigenvalue weighted by Gasteiger charge is 2.40. The minimum absolute atomic E-state index is 0.289. The normalized spacial score (nSPS) is 16.2. The summed E-state index contributed by atoms with van der Waals surface area (Å²) in [6.07, 6.45) is 0. The quantitative estimate of drug-likeness (QED) is 0.508. The Morgan fingerprint density at radius 3 is 1.83 bits per heavy atom. The van der Waals surface area contributed by atoms with E-state index in [-0.39, 0.29) is 5.41 Å². The molecular weight excluding hydrogens is 152 g/mol. The van der Waals surface area contributed by atoms with Crippen LogP contribution in [0, 0.1) is 5.41 Å². The Kier molecular flexibility index (Phi) is 3.14. The Bertz CT molecular complexity index is 202. The maximum Gasteiger partial charge on any atom is 0.169 e. The smallest absolute Gasteiger partial charge is 0.169 e. The fourth-order valence-corrected chi connectivity index (χ4v) is 0.784. The van der Waals surface area contributed by atoms with Crippen molar-refractivity contribution >= 4 is 0 Å². The van der Waals surface area contributed by atoms with Crippen LogP contribution in [0.1, 0.15) is 27.7 Å². The lowest BCUT2D eigenvalue weighted by Gasteiger charge is -2.36. The average Bonchev–Trinajstić information content (AvgIpc) is 1.87. The zero-order valence-electron chi connectivity index (χ0n) is 8.56. The maximum atomic E-state index is 10.0. The molecule has 0 saturated heterocycles. The van der Waals surface area contributed by atoms with E-state index in [9.17, 15) is 5.11 Å². The topological polar surface area (TPSA) is 29.5 Å². The molecular formula is C10H18O2. The third-order valence-corrected chi connectivity index (χ3v) is 2.27. The van der Waals surface area contributed by atoms with Crippen LogP contribution in [0.15, 0.2) is 18.1 Å². The molecule has 1 N–H and O–H groups in total. The molecule has 0 bridgehead atoms. The van der Waals surface area contributed by atoms with E-state index < -0.39 is 5.60 Å². The van der Waals surface area contributed by atoms with E-state index in [1.54, 1.807) is 6.92 Å². The fourth-order valence-electron chi connectivity index (χ4n) is 0.784.